The van der Waals surface area contributed by atoms with Crippen LogP contribution in [0.15, 0.2) is 48.7 Å². The molecule has 2 aliphatic rings. The lowest BCUT2D eigenvalue weighted by Gasteiger charge is -2.35. The third-order valence-electron chi connectivity index (χ3n) is 6.49. The lowest BCUT2D eigenvalue weighted by molar-refractivity contribution is -0.178. The number of aromatic nitrogens is 2. The number of hydrogen-bond acceptors (Lipinski definition) is 5. The Morgan fingerprint density at radius 2 is 1.87 bits per heavy atom. The maximum atomic E-state index is 12.7. The van der Waals surface area contributed by atoms with Crippen LogP contribution in [0.4, 0.5) is 0 Å². The Hall–Kier alpha value is -2.83. The van der Waals surface area contributed by atoms with Gasteiger partial charge in [0, 0.05) is 31.0 Å². The van der Waals surface area contributed by atoms with Gasteiger partial charge >= 0.3 is 0 Å². The van der Waals surface area contributed by atoms with Crippen LogP contribution < -0.4 is 5.32 Å². The Morgan fingerprint density at radius 1 is 1.13 bits per heavy atom. The molecule has 1 aromatic carbocycles. The highest BCUT2D eigenvalue weighted by Crippen LogP contribution is 2.42. The topological polar surface area (TPSA) is 73.3 Å². The number of fused-ring (bicyclic) bond motifs is 1. The number of nitrogens with zero attached hydrogens (tertiary/aromatic N) is 2. The SMILES string of the molecule is Cc1nc2ncccc2cc1C(=O)NCc1ccc(C2CCC3(CC2)OCCO3)cc1. The van der Waals surface area contributed by atoms with E-state index in [1.54, 1.807) is 6.20 Å². The smallest absolute Gasteiger partial charge is 0.253 e. The van der Waals surface area contributed by atoms with Crippen molar-refractivity contribution in [2.24, 2.45) is 0 Å². The summed E-state index contributed by atoms with van der Waals surface area (Å²) in [6.07, 6.45) is 5.80. The first-order chi connectivity index (χ1) is 15.1. The van der Waals surface area contributed by atoms with Crippen LogP contribution in [-0.2, 0) is 16.0 Å². The number of carbonyl (C=O) groups excluding carboxylic acids is 1. The number of carbonyl (C=O) groups is 1. The van der Waals surface area contributed by atoms with Gasteiger partial charge in [-0.05, 0) is 55.0 Å². The number of hydrogen-bond donors (Lipinski definition) is 1. The summed E-state index contributed by atoms with van der Waals surface area (Å²) >= 11 is 0. The number of amides is 1. The summed E-state index contributed by atoms with van der Waals surface area (Å²) in [7, 11) is 0. The van der Waals surface area contributed by atoms with Crippen LogP contribution in [0, 0.1) is 6.92 Å². The van der Waals surface area contributed by atoms with Crippen LogP contribution >= 0.6 is 0 Å². The van der Waals surface area contributed by atoms with Gasteiger partial charge in [0.15, 0.2) is 11.4 Å². The highest BCUT2D eigenvalue weighted by Gasteiger charge is 2.40. The van der Waals surface area contributed by atoms with E-state index in [1.807, 2.05) is 25.1 Å². The minimum Gasteiger partial charge on any atom is -0.348 e. The van der Waals surface area contributed by atoms with Crippen LogP contribution in [0.1, 0.15) is 58.8 Å². The molecule has 2 aromatic heterocycles. The first kappa shape index (κ1) is 20.1. The number of benzene rings is 1. The van der Waals surface area contributed by atoms with E-state index in [-0.39, 0.29) is 11.7 Å². The van der Waals surface area contributed by atoms with Crippen molar-refractivity contribution in [3.05, 3.63) is 71.0 Å². The summed E-state index contributed by atoms with van der Waals surface area (Å²) in [5.41, 5.74) is 4.37. The first-order valence-corrected chi connectivity index (χ1v) is 11.0. The highest BCUT2D eigenvalue weighted by molar-refractivity contribution is 5.98. The fourth-order valence-corrected chi connectivity index (χ4v) is 4.69. The third kappa shape index (κ3) is 4.18. The molecule has 3 aromatic rings. The summed E-state index contributed by atoms with van der Waals surface area (Å²) in [5.74, 6) is 0.114. The van der Waals surface area contributed by atoms with Crippen molar-refractivity contribution in [2.45, 2.75) is 50.9 Å². The van der Waals surface area contributed by atoms with Crippen molar-refractivity contribution in [2.75, 3.05) is 13.2 Å². The molecule has 1 aliphatic carbocycles. The van der Waals surface area contributed by atoms with E-state index >= 15 is 0 Å². The molecule has 0 atom stereocenters. The monoisotopic (exact) mass is 417 g/mol. The zero-order chi connectivity index (χ0) is 21.3. The highest BCUT2D eigenvalue weighted by atomic mass is 16.7. The van der Waals surface area contributed by atoms with Crippen LogP contribution in [0.2, 0.25) is 0 Å². The quantitative estimate of drug-likeness (QED) is 0.686. The van der Waals surface area contributed by atoms with Gasteiger partial charge in [-0.2, -0.15) is 0 Å². The second-order valence-corrected chi connectivity index (χ2v) is 8.48. The van der Waals surface area contributed by atoms with E-state index in [2.05, 4.69) is 39.6 Å². The fraction of sp³-hybridized carbons (Fsp3) is 0.400. The predicted octanol–water partition coefficient (Wildman–Crippen LogP) is 4.27. The average Bonchev–Trinajstić information content (AvgIpc) is 3.26. The molecule has 0 unspecified atom stereocenters. The van der Waals surface area contributed by atoms with Gasteiger partial charge in [0.1, 0.15) is 0 Å². The molecule has 5 rings (SSSR count). The summed E-state index contributed by atoms with van der Waals surface area (Å²) in [5, 5.41) is 3.89. The molecule has 2 fully saturated rings. The molecule has 0 bridgehead atoms. The zero-order valence-corrected chi connectivity index (χ0v) is 17.8. The summed E-state index contributed by atoms with van der Waals surface area (Å²) in [4.78, 5) is 21.4. The minimum absolute atomic E-state index is 0.117. The van der Waals surface area contributed by atoms with Crippen molar-refractivity contribution in [1.82, 2.24) is 15.3 Å². The molecule has 0 radical (unpaired) electrons. The lowest BCUT2D eigenvalue weighted by Crippen LogP contribution is -2.34. The molecule has 31 heavy (non-hydrogen) atoms. The van der Waals surface area contributed by atoms with Crippen LogP contribution in [0.25, 0.3) is 11.0 Å². The molecule has 6 nitrogen and oxygen atoms in total. The van der Waals surface area contributed by atoms with E-state index in [4.69, 9.17) is 9.47 Å². The summed E-state index contributed by atoms with van der Waals surface area (Å²) < 4.78 is 11.7. The van der Waals surface area contributed by atoms with Gasteiger partial charge in [-0.15, -0.1) is 0 Å². The molecule has 1 saturated carbocycles. The van der Waals surface area contributed by atoms with Gasteiger partial charge in [-0.3, -0.25) is 4.79 Å². The fourth-order valence-electron chi connectivity index (χ4n) is 4.69. The van der Waals surface area contributed by atoms with Crippen molar-refractivity contribution in [1.29, 1.82) is 0 Å². The molecule has 1 saturated heterocycles. The normalized spacial score (nSPS) is 18.5. The summed E-state index contributed by atoms with van der Waals surface area (Å²) in [6, 6.07) is 14.2. The van der Waals surface area contributed by atoms with Gasteiger partial charge in [-0.25, -0.2) is 9.97 Å². The molecule has 3 heterocycles. The largest absolute Gasteiger partial charge is 0.348 e. The van der Waals surface area contributed by atoms with Crippen molar-refractivity contribution in [3.8, 4) is 0 Å². The average molecular weight is 418 g/mol. The third-order valence-corrected chi connectivity index (χ3v) is 6.49. The molecule has 1 N–H and O–H groups in total. The van der Waals surface area contributed by atoms with E-state index < -0.39 is 0 Å². The van der Waals surface area contributed by atoms with Crippen LogP contribution in [0.5, 0.6) is 0 Å². The van der Waals surface area contributed by atoms with Gasteiger partial charge in [-0.1, -0.05) is 24.3 Å². The second kappa shape index (κ2) is 8.36. The van der Waals surface area contributed by atoms with Crippen molar-refractivity contribution >= 4 is 16.9 Å². The number of nitrogens with one attached hydrogen (secondary N) is 1. The van der Waals surface area contributed by atoms with E-state index in [9.17, 15) is 4.79 Å². The molecular weight excluding hydrogens is 390 g/mol. The molecule has 6 heteroatoms. The molecule has 160 valence electrons. The molecule has 1 spiro atoms. The number of aryl methyl sites for hydroxylation is 1. The van der Waals surface area contributed by atoms with Gasteiger partial charge < -0.3 is 14.8 Å². The summed E-state index contributed by atoms with van der Waals surface area (Å²) in [6.45, 7) is 3.76. The Morgan fingerprint density at radius 3 is 2.61 bits per heavy atom. The van der Waals surface area contributed by atoms with Gasteiger partial charge in [0.05, 0.1) is 24.5 Å². The number of pyridine rings is 2. The van der Waals surface area contributed by atoms with Crippen LogP contribution in [0.3, 0.4) is 0 Å². The maximum absolute atomic E-state index is 12.7. The Bertz CT molecular complexity index is 1080. The van der Waals surface area contributed by atoms with Gasteiger partial charge in [0.2, 0.25) is 0 Å². The van der Waals surface area contributed by atoms with Crippen LogP contribution in [-0.4, -0.2) is 34.9 Å². The molecule has 1 amide bonds. The van der Waals surface area contributed by atoms with E-state index in [1.165, 1.54) is 5.56 Å². The maximum Gasteiger partial charge on any atom is 0.253 e. The second-order valence-electron chi connectivity index (χ2n) is 8.48. The lowest BCUT2D eigenvalue weighted by atomic mass is 9.81. The Kier molecular flexibility index (Phi) is 5.42. The predicted molar refractivity (Wildman–Crippen MR) is 118 cm³/mol. The molecular formula is C25H27N3O3. The first-order valence-electron chi connectivity index (χ1n) is 11.0. The zero-order valence-electron chi connectivity index (χ0n) is 17.8. The van der Waals surface area contributed by atoms with Gasteiger partial charge in [0.25, 0.3) is 5.91 Å². The molecule has 1 aliphatic heterocycles. The van der Waals surface area contributed by atoms with E-state index in [0.717, 1.165) is 49.8 Å². The van der Waals surface area contributed by atoms with Crippen molar-refractivity contribution < 1.29 is 14.3 Å². The number of ether oxygens (including phenoxy) is 2. The van der Waals surface area contributed by atoms with E-state index in [0.29, 0.717) is 29.4 Å². The Balaban J connectivity index is 1.20. The number of rotatable bonds is 4. The standard InChI is InChI=1S/C25H27N3O3/c1-17-22(15-21-3-2-12-26-23(21)28-17)24(29)27-16-18-4-6-19(7-5-18)20-8-10-25(11-9-20)30-13-14-31-25/h2-7,12,15,20H,8-11,13-14,16H2,1H3,(H,27,29). The Labute approximate surface area is 182 Å². The van der Waals surface area contributed by atoms with Crippen molar-refractivity contribution in [3.63, 3.8) is 0 Å². The minimum atomic E-state index is -0.313.